The highest BCUT2D eigenvalue weighted by Crippen LogP contribution is 2.41. The number of phenolic OH excluding ortho intramolecular Hbond substituents is 1. The molecular weight excluding hydrogens is 272 g/mol. The van der Waals surface area contributed by atoms with Crippen molar-refractivity contribution in [2.24, 2.45) is 11.7 Å². The van der Waals surface area contributed by atoms with E-state index >= 15 is 0 Å². The van der Waals surface area contributed by atoms with Crippen LogP contribution in [0.25, 0.3) is 0 Å². The normalized spacial score (nSPS) is 15.5. The van der Waals surface area contributed by atoms with E-state index in [0.29, 0.717) is 11.5 Å². The van der Waals surface area contributed by atoms with Crippen molar-refractivity contribution in [2.45, 2.75) is 25.3 Å². The number of hydrogen-bond donors (Lipinski definition) is 2. The summed E-state index contributed by atoms with van der Waals surface area (Å²) in [6.45, 7) is 0. The highest BCUT2D eigenvalue weighted by Gasteiger charge is 2.27. The highest BCUT2D eigenvalue weighted by molar-refractivity contribution is 5.85. The van der Waals surface area contributed by atoms with Gasteiger partial charge in [0.1, 0.15) is 0 Å². The number of rotatable bonds is 5. The van der Waals surface area contributed by atoms with Crippen LogP contribution in [0.15, 0.2) is 12.1 Å². The second kappa shape index (κ2) is 6.08. The van der Waals surface area contributed by atoms with Crippen molar-refractivity contribution in [3.8, 4) is 11.5 Å². The fraction of sp³-hybridized carbons (Fsp3) is 0.500. The van der Waals surface area contributed by atoms with E-state index in [1.165, 1.54) is 26.0 Å². The first-order chi connectivity index (χ1) is 8.52. The van der Waals surface area contributed by atoms with E-state index in [2.05, 4.69) is 0 Å². The van der Waals surface area contributed by atoms with E-state index in [0.717, 1.165) is 6.42 Å². The van der Waals surface area contributed by atoms with Crippen LogP contribution in [0.5, 0.6) is 11.5 Å². The van der Waals surface area contributed by atoms with Gasteiger partial charge in [-0.25, -0.2) is 0 Å². The number of halogens is 1. The third-order valence-electron chi connectivity index (χ3n) is 3.21. The fourth-order valence-electron chi connectivity index (χ4n) is 1.97. The van der Waals surface area contributed by atoms with Gasteiger partial charge < -0.3 is 15.6 Å². The number of nitrogens with zero attached hydrogens (tertiary/aromatic N) is 1. The molecule has 0 aliphatic heterocycles. The first kappa shape index (κ1) is 15.5. The summed E-state index contributed by atoms with van der Waals surface area (Å²) in [7, 11) is 1.36. The molecule has 1 fully saturated rings. The Morgan fingerprint density at radius 3 is 2.68 bits per heavy atom. The molecule has 6 nitrogen and oxygen atoms in total. The number of aromatic hydroxyl groups is 1. The first-order valence-electron chi connectivity index (χ1n) is 5.83. The number of phenols is 1. The zero-order chi connectivity index (χ0) is 13.3. The van der Waals surface area contributed by atoms with E-state index in [1.807, 2.05) is 0 Å². The standard InChI is InChI=1S/C12H16N2O4.ClH/c1-18-11-6-8(9(13)4-7-2-3-7)5-10(12(11)15)14(16)17;/h5-7,9,15H,2-4,13H2,1H3;1H/t9-;/m1./s1. The van der Waals surface area contributed by atoms with Gasteiger partial charge in [0.25, 0.3) is 0 Å². The van der Waals surface area contributed by atoms with Crippen molar-refractivity contribution in [1.82, 2.24) is 0 Å². The van der Waals surface area contributed by atoms with Gasteiger partial charge in [0, 0.05) is 12.1 Å². The molecule has 7 heteroatoms. The molecule has 1 atom stereocenters. The zero-order valence-electron chi connectivity index (χ0n) is 10.5. The minimum Gasteiger partial charge on any atom is -0.500 e. The molecule has 1 aliphatic carbocycles. The van der Waals surface area contributed by atoms with Gasteiger partial charge in [-0.2, -0.15) is 0 Å². The molecule has 0 bridgehead atoms. The summed E-state index contributed by atoms with van der Waals surface area (Å²) >= 11 is 0. The van der Waals surface area contributed by atoms with Crippen molar-refractivity contribution in [3.63, 3.8) is 0 Å². The van der Waals surface area contributed by atoms with Gasteiger partial charge in [-0.3, -0.25) is 10.1 Å². The summed E-state index contributed by atoms with van der Waals surface area (Å²) in [5.74, 6) is 0.258. The van der Waals surface area contributed by atoms with Crippen LogP contribution in [0.2, 0.25) is 0 Å². The summed E-state index contributed by atoms with van der Waals surface area (Å²) in [6, 6.07) is 2.63. The number of nitrogens with two attached hydrogens (primary N) is 1. The summed E-state index contributed by atoms with van der Waals surface area (Å²) in [5.41, 5.74) is 6.28. The molecule has 1 aromatic rings. The van der Waals surface area contributed by atoms with Gasteiger partial charge in [0.15, 0.2) is 5.75 Å². The third-order valence-corrected chi connectivity index (χ3v) is 3.21. The van der Waals surface area contributed by atoms with Gasteiger partial charge in [0.2, 0.25) is 5.75 Å². The Bertz CT molecular complexity index is 477. The molecular formula is C12H17ClN2O4. The van der Waals surface area contributed by atoms with Gasteiger partial charge >= 0.3 is 5.69 Å². The summed E-state index contributed by atoms with van der Waals surface area (Å²) in [4.78, 5) is 10.2. The molecule has 0 heterocycles. The van der Waals surface area contributed by atoms with Crippen LogP contribution in [-0.4, -0.2) is 17.1 Å². The first-order valence-corrected chi connectivity index (χ1v) is 5.83. The van der Waals surface area contributed by atoms with Gasteiger partial charge in [-0.1, -0.05) is 12.8 Å². The number of ether oxygens (including phenoxy) is 1. The Hall–Kier alpha value is -1.53. The Balaban J connectivity index is 0.00000180. The predicted molar refractivity (Wildman–Crippen MR) is 72.8 cm³/mol. The van der Waals surface area contributed by atoms with E-state index in [4.69, 9.17) is 10.5 Å². The number of hydrogen-bond acceptors (Lipinski definition) is 5. The van der Waals surface area contributed by atoms with Crippen molar-refractivity contribution in [1.29, 1.82) is 0 Å². The van der Waals surface area contributed by atoms with E-state index < -0.39 is 10.7 Å². The molecule has 3 N–H and O–H groups in total. The molecule has 1 aromatic carbocycles. The Morgan fingerprint density at radius 1 is 1.58 bits per heavy atom. The van der Waals surface area contributed by atoms with Gasteiger partial charge in [0.05, 0.1) is 12.0 Å². The number of nitro benzene ring substituents is 1. The molecule has 1 saturated carbocycles. The maximum absolute atomic E-state index is 10.8. The molecule has 2 rings (SSSR count). The maximum Gasteiger partial charge on any atom is 0.314 e. The van der Waals surface area contributed by atoms with E-state index in [1.54, 1.807) is 6.07 Å². The monoisotopic (exact) mass is 288 g/mol. The smallest absolute Gasteiger partial charge is 0.314 e. The average Bonchev–Trinajstić information content (AvgIpc) is 3.12. The van der Waals surface area contributed by atoms with Crippen LogP contribution in [0.4, 0.5) is 5.69 Å². The highest BCUT2D eigenvalue weighted by atomic mass is 35.5. The minimum atomic E-state index is -0.634. The van der Waals surface area contributed by atoms with Crippen LogP contribution in [0.3, 0.4) is 0 Å². The molecule has 106 valence electrons. The van der Waals surface area contributed by atoms with Crippen LogP contribution < -0.4 is 10.5 Å². The summed E-state index contributed by atoms with van der Waals surface area (Å²) < 4.78 is 4.94. The van der Waals surface area contributed by atoms with Crippen LogP contribution in [-0.2, 0) is 0 Å². The number of methoxy groups -OCH3 is 1. The lowest BCUT2D eigenvalue weighted by atomic mass is 10.0. The summed E-state index contributed by atoms with van der Waals surface area (Å²) in [5, 5.41) is 20.5. The molecule has 0 spiro atoms. The molecule has 0 amide bonds. The fourth-order valence-corrected chi connectivity index (χ4v) is 1.97. The molecule has 0 saturated heterocycles. The van der Waals surface area contributed by atoms with Crippen molar-refractivity contribution in [3.05, 3.63) is 27.8 Å². The van der Waals surface area contributed by atoms with Gasteiger partial charge in [-0.05, 0) is 24.0 Å². The molecule has 0 unspecified atom stereocenters. The van der Waals surface area contributed by atoms with Crippen LogP contribution >= 0.6 is 12.4 Å². The third kappa shape index (κ3) is 3.48. The SMILES string of the molecule is COc1cc([C@H](N)CC2CC2)cc([N+](=O)[O-])c1O.Cl. The Labute approximate surface area is 117 Å². The summed E-state index contributed by atoms with van der Waals surface area (Å²) in [6.07, 6.45) is 3.15. The van der Waals surface area contributed by atoms with Crippen molar-refractivity contribution in [2.75, 3.05) is 7.11 Å². The van der Waals surface area contributed by atoms with Crippen molar-refractivity contribution >= 4 is 18.1 Å². The minimum absolute atomic E-state index is 0. The van der Waals surface area contributed by atoms with Crippen LogP contribution in [0.1, 0.15) is 30.9 Å². The lowest BCUT2D eigenvalue weighted by Crippen LogP contribution is -2.11. The molecule has 0 aromatic heterocycles. The van der Waals surface area contributed by atoms with E-state index in [-0.39, 0.29) is 29.9 Å². The quantitative estimate of drug-likeness (QED) is 0.641. The van der Waals surface area contributed by atoms with Crippen LogP contribution in [0, 0.1) is 16.0 Å². The van der Waals surface area contributed by atoms with Gasteiger partial charge in [-0.15, -0.1) is 12.4 Å². The lowest BCUT2D eigenvalue weighted by Gasteiger charge is -2.13. The molecule has 0 radical (unpaired) electrons. The largest absolute Gasteiger partial charge is 0.500 e. The topological polar surface area (TPSA) is 98.6 Å². The second-order valence-corrected chi connectivity index (χ2v) is 4.63. The number of nitro groups is 1. The number of benzene rings is 1. The molecule has 19 heavy (non-hydrogen) atoms. The lowest BCUT2D eigenvalue weighted by molar-refractivity contribution is -0.386. The second-order valence-electron chi connectivity index (χ2n) is 4.63. The Morgan fingerprint density at radius 2 is 2.21 bits per heavy atom. The zero-order valence-corrected chi connectivity index (χ0v) is 11.4. The van der Waals surface area contributed by atoms with E-state index in [9.17, 15) is 15.2 Å². The average molecular weight is 289 g/mol. The molecule has 1 aliphatic rings. The maximum atomic E-state index is 10.8. The predicted octanol–water partition coefficient (Wildman–Crippen LogP) is 2.53. The van der Waals surface area contributed by atoms with Crippen molar-refractivity contribution < 1.29 is 14.8 Å². The Kier molecular flexibility index (Phi) is 4.97.